The fraction of sp³-hybridized carbons (Fsp3) is 0.185. The van der Waals surface area contributed by atoms with Gasteiger partial charge in [-0.25, -0.2) is 4.39 Å². The van der Waals surface area contributed by atoms with Crippen molar-refractivity contribution in [3.8, 4) is 11.4 Å². The van der Waals surface area contributed by atoms with E-state index in [1.54, 1.807) is 18.3 Å². The van der Waals surface area contributed by atoms with Gasteiger partial charge in [-0.1, -0.05) is 18.2 Å². The van der Waals surface area contributed by atoms with Gasteiger partial charge in [0.05, 0.1) is 23.5 Å². The van der Waals surface area contributed by atoms with Gasteiger partial charge in [0.1, 0.15) is 17.6 Å². The van der Waals surface area contributed by atoms with Crippen molar-refractivity contribution < 1.29 is 9.13 Å². The molecule has 0 radical (unpaired) electrons. The van der Waals surface area contributed by atoms with Crippen LogP contribution in [0.1, 0.15) is 37.3 Å². The Morgan fingerprint density at radius 3 is 2.44 bits per heavy atom. The van der Waals surface area contributed by atoms with Crippen LogP contribution in [0.3, 0.4) is 0 Å². The van der Waals surface area contributed by atoms with Crippen molar-refractivity contribution in [3.63, 3.8) is 0 Å². The Balaban J connectivity index is 1.62. The first kappa shape index (κ1) is 22.1. The molecule has 1 saturated heterocycles. The molecule has 2 aromatic heterocycles. The SMILES string of the molecule is CC(C)Oc1ccc(N2C(=S)N[C@@H](c3ccccn3)[C@@H]2c2cccn2-c2ccccc2F)cc1. The molecule has 0 aliphatic carbocycles. The largest absolute Gasteiger partial charge is 0.491 e. The second-order valence-corrected chi connectivity index (χ2v) is 8.80. The van der Waals surface area contributed by atoms with Crippen LogP contribution in [0.5, 0.6) is 5.75 Å². The van der Waals surface area contributed by atoms with Crippen LogP contribution in [-0.4, -0.2) is 20.8 Å². The van der Waals surface area contributed by atoms with Crippen LogP contribution in [0.2, 0.25) is 0 Å². The Labute approximate surface area is 203 Å². The number of aromatic nitrogens is 2. The molecule has 1 aliphatic heterocycles. The number of nitrogens with zero attached hydrogens (tertiary/aromatic N) is 3. The lowest BCUT2D eigenvalue weighted by Gasteiger charge is -2.29. The average molecular weight is 473 g/mol. The predicted octanol–water partition coefficient (Wildman–Crippen LogP) is 5.98. The molecule has 3 heterocycles. The van der Waals surface area contributed by atoms with Crippen LogP contribution < -0.4 is 15.0 Å². The van der Waals surface area contributed by atoms with Gasteiger partial charge in [0.15, 0.2) is 5.11 Å². The lowest BCUT2D eigenvalue weighted by molar-refractivity contribution is 0.242. The highest BCUT2D eigenvalue weighted by Crippen LogP contribution is 2.42. The quantitative estimate of drug-likeness (QED) is 0.350. The number of pyridine rings is 1. The second kappa shape index (κ2) is 9.27. The molecular weight excluding hydrogens is 447 g/mol. The average Bonchev–Trinajstić information content (AvgIpc) is 3.44. The van der Waals surface area contributed by atoms with Gasteiger partial charge < -0.3 is 19.5 Å². The summed E-state index contributed by atoms with van der Waals surface area (Å²) < 4.78 is 22.5. The predicted molar refractivity (Wildman–Crippen MR) is 136 cm³/mol. The standard InChI is InChI=1S/C27H25FN4OS/c1-18(2)33-20-14-12-19(13-15-20)32-26(25(30-27(32)34)22-9-5-6-16-29-22)24-11-7-17-31(24)23-10-4-3-8-21(23)28/h3-18,25-26H,1-2H3,(H,30,34)/t25-,26-/m0/s1. The summed E-state index contributed by atoms with van der Waals surface area (Å²) in [4.78, 5) is 6.67. The van der Waals surface area contributed by atoms with Gasteiger partial charge in [0.2, 0.25) is 0 Å². The number of para-hydroxylation sites is 1. The zero-order chi connectivity index (χ0) is 23.7. The first-order valence-corrected chi connectivity index (χ1v) is 11.6. The van der Waals surface area contributed by atoms with Crippen LogP contribution in [0, 0.1) is 5.82 Å². The molecule has 5 nitrogen and oxygen atoms in total. The molecule has 2 aromatic carbocycles. The molecule has 1 N–H and O–H groups in total. The normalized spacial score (nSPS) is 17.8. The summed E-state index contributed by atoms with van der Waals surface area (Å²) in [6.07, 6.45) is 3.74. The lowest BCUT2D eigenvalue weighted by Crippen LogP contribution is -2.30. The number of rotatable bonds is 6. The van der Waals surface area contributed by atoms with Crippen LogP contribution >= 0.6 is 12.2 Å². The van der Waals surface area contributed by atoms with Crippen LogP contribution in [0.25, 0.3) is 5.69 Å². The zero-order valence-corrected chi connectivity index (χ0v) is 19.7. The summed E-state index contributed by atoms with van der Waals surface area (Å²) in [5, 5.41) is 4.04. The second-order valence-electron chi connectivity index (χ2n) is 8.41. The van der Waals surface area contributed by atoms with Crippen molar-refractivity contribution in [1.82, 2.24) is 14.9 Å². The van der Waals surface area contributed by atoms with Crippen molar-refractivity contribution in [2.24, 2.45) is 0 Å². The van der Waals surface area contributed by atoms with Crippen LogP contribution in [0.15, 0.2) is 91.3 Å². The summed E-state index contributed by atoms with van der Waals surface area (Å²) in [6.45, 7) is 4.00. The summed E-state index contributed by atoms with van der Waals surface area (Å²) >= 11 is 5.81. The first-order valence-electron chi connectivity index (χ1n) is 11.2. The number of anilines is 1. The van der Waals surface area contributed by atoms with E-state index in [1.807, 2.05) is 85.3 Å². The molecule has 1 aliphatic rings. The van der Waals surface area contributed by atoms with Crippen molar-refractivity contribution in [1.29, 1.82) is 0 Å². The number of hydrogen-bond donors (Lipinski definition) is 1. The molecule has 0 spiro atoms. The molecule has 0 saturated carbocycles. The van der Waals surface area contributed by atoms with Crippen molar-refractivity contribution >= 4 is 23.0 Å². The third kappa shape index (κ3) is 4.15. The fourth-order valence-corrected chi connectivity index (χ4v) is 4.74. The highest BCUT2D eigenvalue weighted by atomic mass is 32.1. The highest BCUT2D eigenvalue weighted by molar-refractivity contribution is 7.80. The number of nitrogens with one attached hydrogen (secondary N) is 1. The molecule has 0 amide bonds. The van der Waals surface area contributed by atoms with Gasteiger partial charge >= 0.3 is 0 Å². The Hall–Kier alpha value is -3.71. The van der Waals surface area contributed by atoms with E-state index in [4.69, 9.17) is 17.0 Å². The molecule has 2 atom stereocenters. The third-order valence-electron chi connectivity index (χ3n) is 5.78. The molecule has 0 unspecified atom stereocenters. The number of thiocarbonyl (C=S) groups is 1. The smallest absolute Gasteiger partial charge is 0.174 e. The number of hydrogen-bond acceptors (Lipinski definition) is 3. The van der Waals surface area contributed by atoms with Gasteiger partial charge in [-0.2, -0.15) is 0 Å². The minimum absolute atomic E-state index is 0.0886. The van der Waals surface area contributed by atoms with E-state index in [1.165, 1.54) is 6.07 Å². The van der Waals surface area contributed by atoms with E-state index in [0.29, 0.717) is 10.8 Å². The molecular formula is C27H25FN4OS. The Kier molecular flexibility index (Phi) is 6.02. The molecule has 34 heavy (non-hydrogen) atoms. The summed E-state index contributed by atoms with van der Waals surface area (Å²) in [7, 11) is 0. The van der Waals surface area contributed by atoms with Crippen molar-refractivity contribution in [2.45, 2.75) is 32.0 Å². The van der Waals surface area contributed by atoms with Gasteiger partial charge in [-0.05, 0) is 86.7 Å². The molecule has 7 heteroatoms. The summed E-state index contributed by atoms with van der Waals surface area (Å²) in [6, 6.07) is 23.9. The topological polar surface area (TPSA) is 42.3 Å². The maximum Gasteiger partial charge on any atom is 0.174 e. The van der Waals surface area contributed by atoms with E-state index < -0.39 is 0 Å². The van der Waals surface area contributed by atoms with Gasteiger partial charge in [0.25, 0.3) is 0 Å². The van der Waals surface area contributed by atoms with E-state index >= 15 is 0 Å². The van der Waals surface area contributed by atoms with Crippen LogP contribution in [0.4, 0.5) is 10.1 Å². The minimum atomic E-state index is -0.287. The highest BCUT2D eigenvalue weighted by Gasteiger charge is 2.42. The molecule has 4 aromatic rings. The van der Waals surface area contributed by atoms with E-state index in [9.17, 15) is 4.39 Å². The Bertz CT molecular complexity index is 1290. The number of halogens is 1. The fourth-order valence-electron chi connectivity index (χ4n) is 4.39. The molecule has 0 bridgehead atoms. The van der Waals surface area contributed by atoms with Gasteiger partial charge in [-0.3, -0.25) is 4.98 Å². The molecule has 172 valence electrons. The van der Waals surface area contributed by atoms with Crippen molar-refractivity contribution in [3.05, 3.63) is 108 Å². The third-order valence-corrected chi connectivity index (χ3v) is 6.09. The summed E-state index contributed by atoms with van der Waals surface area (Å²) in [5.74, 6) is 0.508. The lowest BCUT2D eigenvalue weighted by atomic mass is 10.0. The number of ether oxygens (including phenoxy) is 1. The van der Waals surface area contributed by atoms with Gasteiger partial charge in [-0.15, -0.1) is 0 Å². The van der Waals surface area contributed by atoms with Crippen LogP contribution in [-0.2, 0) is 0 Å². The first-order chi connectivity index (χ1) is 16.5. The zero-order valence-electron chi connectivity index (χ0n) is 18.9. The molecule has 5 rings (SSSR count). The van der Waals surface area contributed by atoms with E-state index in [-0.39, 0.29) is 24.0 Å². The summed E-state index contributed by atoms with van der Waals surface area (Å²) in [5.41, 5.74) is 3.16. The Morgan fingerprint density at radius 1 is 0.971 bits per heavy atom. The maximum absolute atomic E-state index is 14.8. The van der Waals surface area contributed by atoms with E-state index in [2.05, 4.69) is 15.2 Å². The van der Waals surface area contributed by atoms with Crippen molar-refractivity contribution in [2.75, 3.05) is 4.90 Å². The number of benzene rings is 2. The maximum atomic E-state index is 14.8. The molecule has 1 fully saturated rings. The van der Waals surface area contributed by atoms with Gasteiger partial charge in [0, 0.05) is 23.8 Å². The monoisotopic (exact) mass is 472 g/mol. The Morgan fingerprint density at radius 2 is 1.74 bits per heavy atom. The van der Waals surface area contributed by atoms with E-state index in [0.717, 1.165) is 22.8 Å². The minimum Gasteiger partial charge on any atom is -0.491 e.